The Kier molecular flexibility index (Phi) is 4.35. The van der Waals surface area contributed by atoms with Gasteiger partial charge in [-0.3, -0.25) is 23.2 Å². The number of carbonyl (C=O) groups is 2. The lowest BCUT2D eigenvalue weighted by molar-refractivity contribution is -0.120. The molecule has 0 aliphatic carbocycles. The van der Waals surface area contributed by atoms with E-state index >= 15 is 0 Å². The van der Waals surface area contributed by atoms with Crippen LogP contribution in [0.25, 0.3) is 98.0 Å². The molecule has 10 nitrogen and oxygen atoms in total. The molecule has 7 aromatic carbocycles. The Bertz CT molecular complexity index is 3400. The quantitative estimate of drug-likeness (QED) is 0.134. The van der Waals surface area contributed by atoms with Gasteiger partial charge in [-0.1, -0.05) is 24.3 Å². The maximum atomic E-state index is 14.1. The zero-order valence-electron chi connectivity index (χ0n) is 24.4. The van der Waals surface area contributed by atoms with Crippen molar-refractivity contribution in [2.45, 2.75) is 0 Å². The van der Waals surface area contributed by atoms with Crippen molar-refractivity contribution < 1.29 is 19.4 Å². The van der Waals surface area contributed by atoms with Gasteiger partial charge in [0.2, 0.25) is 0 Å². The SMILES string of the molecule is O=COc1ccc2c(c1)nc1c3ccc4c5ccc6c(=O)n7c8cc(C(=O)O)ccc8nc7c7ccc(c8ccc(c(=O)n21)c3c48)c5c67. The standard InChI is InChI=1S/C38H16N4O6/c43-15-48-17-2-12-28-27(14-17)40-35-23-8-4-19-21-6-10-25-32-22(34-39-26-11-1-16(38(46)47)13-29(26)42(34)37(25)45)7-3-18(30(21)32)20-5-9-24(33(23)31(19)20)36(44)41(28)35/h1-15H,(H,46,47). The number of carboxylic acid groups (broad SMARTS) is 1. The van der Waals surface area contributed by atoms with Crippen LogP contribution in [-0.4, -0.2) is 36.3 Å². The highest BCUT2D eigenvalue weighted by atomic mass is 16.5. The first-order chi connectivity index (χ1) is 23.4. The van der Waals surface area contributed by atoms with Crippen molar-refractivity contribution in [3.8, 4) is 5.75 Å². The van der Waals surface area contributed by atoms with Crippen LogP contribution in [-0.2, 0) is 4.79 Å². The monoisotopic (exact) mass is 624 g/mol. The number of rotatable bonds is 3. The average molecular weight is 625 g/mol. The molecule has 0 amide bonds. The molecule has 0 unspecified atom stereocenters. The summed E-state index contributed by atoms with van der Waals surface area (Å²) in [6, 6.07) is 25.3. The van der Waals surface area contributed by atoms with Crippen LogP contribution < -0.4 is 15.9 Å². The molecular weight excluding hydrogens is 608 g/mol. The highest BCUT2D eigenvalue weighted by Crippen LogP contribution is 2.45. The van der Waals surface area contributed by atoms with Crippen LogP contribution in [0.15, 0.2) is 94.5 Å². The molecule has 0 atom stereocenters. The minimum Gasteiger partial charge on any atom is -0.478 e. The molecule has 224 valence electrons. The van der Waals surface area contributed by atoms with Crippen molar-refractivity contribution in [2.24, 2.45) is 0 Å². The molecule has 0 saturated carbocycles. The fraction of sp³-hybridized carbons (Fsp3) is 0. The van der Waals surface area contributed by atoms with E-state index in [2.05, 4.69) is 0 Å². The number of hydrogen-bond donors (Lipinski definition) is 1. The van der Waals surface area contributed by atoms with E-state index in [0.29, 0.717) is 56.4 Å². The van der Waals surface area contributed by atoms with E-state index in [1.165, 1.54) is 16.5 Å². The number of fused-ring (bicyclic) bond motifs is 10. The fourth-order valence-corrected chi connectivity index (χ4v) is 8.03. The van der Waals surface area contributed by atoms with E-state index in [9.17, 15) is 24.3 Å². The molecule has 0 saturated heterocycles. The van der Waals surface area contributed by atoms with Gasteiger partial charge in [0.05, 0.1) is 27.6 Å². The highest BCUT2D eigenvalue weighted by molar-refractivity contribution is 6.40. The van der Waals surface area contributed by atoms with E-state index in [1.807, 2.05) is 48.5 Å². The molecule has 1 N–H and O–H groups in total. The lowest BCUT2D eigenvalue weighted by Crippen LogP contribution is -2.14. The van der Waals surface area contributed by atoms with Crippen LogP contribution in [0.3, 0.4) is 0 Å². The van der Waals surface area contributed by atoms with Crippen LogP contribution in [0.1, 0.15) is 10.4 Å². The summed E-state index contributed by atoms with van der Waals surface area (Å²) in [5.41, 5.74) is 2.73. The highest BCUT2D eigenvalue weighted by Gasteiger charge is 2.24. The molecule has 11 rings (SSSR count). The zero-order chi connectivity index (χ0) is 32.2. The molecule has 0 aliphatic rings. The van der Waals surface area contributed by atoms with Crippen molar-refractivity contribution in [1.29, 1.82) is 0 Å². The van der Waals surface area contributed by atoms with Gasteiger partial charge in [0.1, 0.15) is 17.0 Å². The molecule has 4 aromatic heterocycles. The zero-order valence-corrected chi connectivity index (χ0v) is 24.4. The van der Waals surface area contributed by atoms with Gasteiger partial charge in [0.15, 0.2) is 0 Å². The van der Waals surface area contributed by atoms with Crippen molar-refractivity contribution in [3.05, 3.63) is 111 Å². The molecule has 0 bridgehead atoms. The molecule has 10 heteroatoms. The molecule has 0 aliphatic heterocycles. The summed E-state index contributed by atoms with van der Waals surface area (Å²) in [5, 5.41) is 19.5. The van der Waals surface area contributed by atoms with Gasteiger partial charge in [-0.15, -0.1) is 0 Å². The average Bonchev–Trinajstić information content (AvgIpc) is 3.68. The Morgan fingerprint density at radius 2 is 1.08 bits per heavy atom. The Morgan fingerprint density at radius 3 is 1.65 bits per heavy atom. The smallest absolute Gasteiger partial charge is 0.335 e. The van der Waals surface area contributed by atoms with Crippen LogP contribution in [0.2, 0.25) is 0 Å². The van der Waals surface area contributed by atoms with Crippen LogP contribution in [0, 0.1) is 0 Å². The van der Waals surface area contributed by atoms with Crippen molar-refractivity contribution in [1.82, 2.24) is 18.8 Å². The van der Waals surface area contributed by atoms with Crippen molar-refractivity contribution in [2.75, 3.05) is 0 Å². The van der Waals surface area contributed by atoms with Gasteiger partial charge in [-0.25, -0.2) is 14.8 Å². The third kappa shape index (κ3) is 2.80. The number of benzene rings is 7. The second-order valence-electron chi connectivity index (χ2n) is 12.2. The summed E-state index contributed by atoms with van der Waals surface area (Å²) in [6.45, 7) is 0.358. The Morgan fingerprint density at radius 1 is 0.583 bits per heavy atom. The number of hydrogen-bond acceptors (Lipinski definition) is 7. The van der Waals surface area contributed by atoms with Crippen LogP contribution >= 0.6 is 0 Å². The molecule has 4 heterocycles. The number of ether oxygens (including phenoxy) is 1. The first-order valence-electron chi connectivity index (χ1n) is 15.1. The minimum atomic E-state index is -1.08. The number of carbonyl (C=O) groups excluding carboxylic acids is 1. The molecule has 0 fully saturated rings. The topological polar surface area (TPSA) is 132 Å². The second-order valence-corrected chi connectivity index (χ2v) is 12.2. The maximum Gasteiger partial charge on any atom is 0.335 e. The van der Waals surface area contributed by atoms with Crippen molar-refractivity contribution >= 4 is 110 Å². The Hall–Kier alpha value is -6.94. The van der Waals surface area contributed by atoms with E-state index in [4.69, 9.17) is 14.7 Å². The number of imidazole rings is 2. The van der Waals surface area contributed by atoms with Crippen LogP contribution in [0.5, 0.6) is 5.75 Å². The molecule has 0 spiro atoms. The number of pyridine rings is 2. The van der Waals surface area contributed by atoms with Gasteiger partial charge in [-0.2, -0.15) is 0 Å². The first kappa shape index (κ1) is 25.3. The first-order valence-corrected chi connectivity index (χ1v) is 15.1. The maximum absolute atomic E-state index is 14.1. The number of nitrogens with zero attached hydrogens (tertiary/aromatic N) is 4. The summed E-state index contributed by atoms with van der Waals surface area (Å²) in [4.78, 5) is 60.6. The lowest BCUT2D eigenvalue weighted by Gasteiger charge is -2.18. The van der Waals surface area contributed by atoms with Gasteiger partial charge in [0, 0.05) is 38.4 Å². The minimum absolute atomic E-state index is 0.0800. The molecular formula is C38H16N4O6. The van der Waals surface area contributed by atoms with Crippen LogP contribution in [0.4, 0.5) is 0 Å². The summed E-state index contributed by atoms with van der Waals surface area (Å²) >= 11 is 0. The normalized spacial score (nSPS) is 12.6. The molecule has 48 heavy (non-hydrogen) atoms. The van der Waals surface area contributed by atoms with Gasteiger partial charge in [-0.05, 0) is 86.9 Å². The van der Waals surface area contributed by atoms with Gasteiger partial charge >= 0.3 is 5.97 Å². The Balaban J connectivity index is 1.31. The van der Waals surface area contributed by atoms with E-state index in [0.717, 1.165) is 53.9 Å². The molecule has 0 radical (unpaired) electrons. The lowest BCUT2D eigenvalue weighted by atomic mass is 9.86. The van der Waals surface area contributed by atoms with Gasteiger partial charge in [0.25, 0.3) is 17.6 Å². The number of aromatic nitrogens is 4. The summed E-state index contributed by atoms with van der Waals surface area (Å²) in [5.74, 6) is -0.739. The van der Waals surface area contributed by atoms with Gasteiger partial charge < -0.3 is 9.84 Å². The number of aromatic carboxylic acids is 1. The Labute approximate surface area is 265 Å². The second kappa shape index (κ2) is 8.25. The van der Waals surface area contributed by atoms with Crippen molar-refractivity contribution in [3.63, 3.8) is 0 Å². The predicted octanol–water partition coefficient (Wildman–Crippen LogP) is 6.47. The fourth-order valence-electron chi connectivity index (χ4n) is 8.03. The summed E-state index contributed by atoms with van der Waals surface area (Å²) < 4.78 is 8.15. The number of carboxylic acids is 1. The third-order valence-electron chi connectivity index (χ3n) is 9.96. The molecule has 11 aromatic rings. The summed E-state index contributed by atoms with van der Waals surface area (Å²) in [7, 11) is 0. The third-order valence-corrected chi connectivity index (χ3v) is 9.96. The van der Waals surface area contributed by atoms with E-state index in [-0.39, 0.29) is 16.7 Å². The summed E-state index contributed by atoms with van der Waals surface area (Å²) in [6.07, 6.45) is 0. The van der Waals surface area contributed by atoms with E-state index < -0.39 is 5.97 Å². The largest absolute Gasteiger partial charge is 0.478 e. The van der Waals surface area contributed by atoms with E-state index in [1.54, 1.807) is 28.7 Å². The predicted molar refractivity (Wildman–Crippen MR) is 184 cm³/mol.